The lowest BCUT2D eigenvalue weighted by molar-refractivity contribution is 0.489. The van der Waals surface area contributed by atoms with Gasteiger partial charge < -0.3 is 16.2 Å². The molecule has 0 bridgehead atoms. The minimum absolute atomic E-state index is 0.329. The van der Waals surface area contributed by atoms with Gasteiger partial charge in [0.25, 0.3) is 0 Å². The zero-order chi connectivity index (χ0) is 32.6. The third kappa shape index (κ3) is 7.09. The zero-order valence-corrected chi connectivity index (χ0v) is 45.0. The van der Waals surface area contributed by atoms with E-state index in [2.05, 4.69) is 255 Å². The molecule has 0 aliphatic heterocycles. The van der Waals surface area contributed by atoms with Crippen LogP contribution < -0.4 is 16.2 Å². The topological polar surface area (TPSA) is 61.3 Å². The lowest BCUT2D eigenvalue weighted by Crippen LogP contribution is -2.04. The van der Waals surface area contributed by atoms with E-state index in [1.54, 1.807) is 0 Å². The van der Waals surface area contributed by atoms with Crippen molar-refractivity contribution in [2.45, 2.75) is 0 Å². The van der Waals surface area contributed by atoms with Crippen LogP contribution in [0.1, 0.15) is 0 Å². The standard InChI is InChI=1S/C24H4Br16N2O/c25-5-1(6(26)12(32)17(37)11(5)31)3-9(29)15(35)19(39)21(41)23(3)43-24-4(10(30)16(36)20(40)22(24)42)2-7(27)13(33)18(38)14(34)8(2)28/h41-42H2. The van der Waals surface area contributed by atoms with Crippen LogP contribution in [0.5, 0.6) is 11.5 Å². The molecule has 0 saturated heterocycles. The highest BCUT2D eigenvalue weighted by Crippen LogP contribution is 2.61. The van der Waals surface area contributed by atoms with Crippen molar-refractivity contribution in [2.24, 2.45) is 0 Å². The van der Waals surface area contributed by atoms with Gasteiger partial charge in [0.05, 0.1) is 20.3 Å². The molecular formula is C24H4Br16N2O. The molecule has 0 fully saturated rings. The number of benzene rings is 4. The Kier molecular flexibility index (Phi) is 14.5. The smallest absolute Gasteiger partial charge is 0.160 e. The van der Waals surface area contributed by atoms with Gasteiger partial charge in [-0.05, 0) is 255 Å². The van der Waals surface area contributed by atoms with Gasteiger partial charge in [-0.3, -0.25) is 0 Å². The molecule has 4 N–H and O–H groups in total. The first kappa shape index (κ1) is 39.7. The third-order valence-corrected chi connectivity index (χ3v) is 24.9. The molecule has 0 radical (unpaired) electrons. The van der Waals surface area contributed by atoms with Gasteiger partial charge in [-0.25, -0.2) is 0 Å². The maximum atomic E-state index is 6.90. The molecule has 0 atom stereocenters. The molecule has 4 aromatic rings. The van der Waals surface area contributed by atoms with Gasteiger partial charge in [-0.15, -0.1) is 0 Å². The average molecular weight is 1610 g/mol. The molecule has 0 aliphatic carbocycles. The highest BCUT2D eigenvalue weighted by molar-refractivity contribution is 9.17. The van der Waals surface area contributed by atoms with E-state index in [9.17, 15) is 0 Å². The molecule has 0 amide bonds. The molecule has 0 aromatic heterocycles. The molecule has 0 aliphatic rings. The number of nitrogen functional groups attached to an aromatic ring is 2. The predicted molar refractivity (Wildman–Crippen MR) is 236 cm³/mol. The SMILES string of the molecule is Nc1c(Br)c(Br)c(Br)c(-c2c(Br)c(Br)c(Br)c(Br)c2Br)c1Oc1c(N)c(Br)c(Br)c(Br)c1-c1c(Br)c(Br)c(Br)c(Br)c1Br. The van der Waals surface area contributed by atoms with Crippen LogP contribution in [0.2, 0.25) is 0 Å². The quantitative estimate of drug-likeness (QED) is 0.122. The van der Waals surface area contributed by atoms with E-state index in [-0.39, 0.29) is 0 Å². The first-order chi connectivity index (χ1) is 19.9. The number of ether oxygens (including phenoxy) is 1. The van der Waals surface area contributed by atoms with Crippen LogP contribution in [0, 0.1) is 0 Å². The summed E-state index contributed by atoms with van der Waals surface area (Å²) in [6.07, 6.45) is 0. The number of halogens is 16. The number of nitrogens with two attached hydrogens (primary N) is 2. The third-order valence-electron chi connectivity index (χ3n) is 5.75. The minimum atomic E-state index is 0.329. The van der Waals surface area contributed by atoms with Gasteiger partial charge in [0.15, 0.2) is 11.5 Å². The maximum absolute atomic E-state index is 6.90. The fourth-order valence-corrected chi connectivity index (χ4v) is 13.9. The van der Waals surface area contributed by atoms with Crippen molar-refractivity contribution in [2.75, 3.05) is 11.5 Å². The summed E-state index contributed by atoms with van der Waals surface area (Å²) in [6, 6.07) is 0. The van der Waals surface area contributed by atoms with Crippen LogP contribution in [0.15, 0.2) is 71.6 Å². The second-order valence-corrected chi connectivity index (χ2v) is 20.8. The maximum Gasteiger partial charge on any atom is 0.160 e. The van der Waals surface area contributed by atoms with E-state index >= 15 is 0 Å². The molecule has 3 nitrogen and oxygen atoms in total. The monoisotopic (exact) mass is 1600 g/mol. The predicted octanol–water partition coefficient (Wildman–Crippen LogP) is 18.2. The van der Waals surface area contributed by atoms with Crippen LogP contribution in [-0.4, -0.2) is 0 Å². The number of hydrogen-bond donors (Lipinski definition) is 2. The van der Waals surface area contributed by atoms with Crippen molar-refractivity contribution in [1.29, 1.82) is 0 Å². The lowest BCUT2D eigenvalue weighted by Gasteiger charge is -2.25. The van der Waals surface area contributed by atoms with Crippen molar-refractivity contribution >= 4 is 266 Å². The summed E-state index contributed by atoms with van der Waals surface area (Å²) in [5.74, 6) is 0.669. The Morgan fingerprint density at radius 1 is 0.256 bits per heavy atom. The van der Waals surface area contributed by atoms with Crippen molar-refractivity contribution in [3.05, 3.63) is 71.6 Å². The van der Waals surface area contributed by atoms with E-state index < -0.39 is 0 Å². The first-order valence-corrected chi connectivity index (χ1v) is 23.2. The zero-order valence-electron chi connectivity index (χ0n) is 19.6. The Labute approximate surface area is 380 Å². The summed E-state index contributed by atoms with van der Waals surface area (Å²) in [6.45, 7) is 0. The lowest BCUT2D eigenvalue weighted by atomic mass is 10.0. The molecule has 228 valence electrons. The van der Waals surface area contributed by atoms with E-state index in [1.807, 2.05) is 0 Å². The largest absolute Gasteiger partial charge is 0.452 e. The molecule has 0 spiro atoms. The molecule has 0 heterocycles. The van der Waals surface area contributed by atoms with Gasteiger partial charge in [0.2, 0.25) is 0 Å². The Morgan fingerprint density at radius 2 is 0.442 bits per heavy atom. The molecule has 4 aromatic carbocycles. The van der Waals surface area contributed by atoms with E-state index in [4.69, 9.17) is 16.2 Å². The van der Waals surface area contributed by atoms with Gasteiger partial charge in [-0.1, -0.05) is 0 Å². The summed E-state index contributed by atoms with van der Waals surface area (Å²) in [7, 11) is 0. The van der Waals surface area contributed by atoms with Crippen molar-refractivity contribution in [1.82, 2.24) is 0 Å². The molecule has 43 heavy (non-hydrogen) atoms. The number of anilines is 2. The Morgan fingerprint density at radius 3 is 0.698 bits per heavy atom. The number of rotatable bonds is 4. The van der Waals surface area contributed by atoms with Gasteiger partial charge in [0, 0.05) is 84.9 Å². The minimum Gasteiger partial charge on any atom is -0.452 e. The van der Waals surface area contributed by atoms with Crippen LogP contribution in [0.3, 0.4) is 0 Å². The molecule has 0 unspecified atom stereocenters. The molecule has 19 heteroatoms. The second-order valence-electron chi connectivity index (χ2n) is 8.11. The average Bonchev–Trinajstić information content (AvgIpc) is 2.98. The summed E-state index contributed by atoms with van der Waals surface area (Å²) < 4.78 is 18.5. The van der Waals surface area contributed by atoms with Crippen LogP contribution in [0.25, 0.3) is 22.3 Å². The van der Waals surface area contributed by atoms with Gasteiger partial charge >= 0.3 is 0 Å². The van der Waals surface area contributed by atoms with E-state index in [0.717, 1.165) is 55.9 Å². The van der Waals surface area contributed by atoms with Crippen molar-refractivity contribution in [3.63, 3.8) is 0 Å². The van der Waals surface area contributed by atoms with Gasteiger partial charge in [0.1, 0.15) is 0 Å². The van der Waals surface area contributed by atoms with E-state index in [1.165, 1.54) is 0 Å². The summed E-state index contributed by atoms with van der Waals surface area (Å²) in [5.41, 5.74) is 17.1. The normalized spacial score (nSPS) is 11.4. The van der Waals surface area contributed by atoms with Crippen molar-refractivity contribution < 1.29 is 4.74 Å². The molecular weight excluding hydrogens is 1610 g/mol. The molecule has 4 rings (SSSR count). The summed E-state index contributed by atoms with van der Waals surface area (Å²) in [5, 5.41) is 0. The van der Waals surface area contributed by atoms with E-state index in [0.29, 0.717) is 60.8 Å². The fraction of sp³-hybridized carbons (Fsp3) is 0. The second kappa shape index (κ2) is 15.7. The molecule has 0 saturated carbocycles. The first-order valence-electron chi connectivity index (χ1n) is 10.5. The van der Waals surface area contributed by atoms with Crippen LogP contribution >= 0.6 is 255 Å². The Hall–Kier alpha value is 3.96. The number of hydrogen-bond acceptors (Lipinski definition) is 3. The summed E-state index contributed by atoms with van der Waals surface area (Å²) >= 11 is 59.2. The van der Waals surface area contributed by atoms with Gasteiger partial charge in [-0.2, -0.15) is 0 Å². The highest BCUT2D eigenvalue weighted by atomic mass is 79.9. The fourth-order valence-electron chi connectivity index (χ4n) is 3.73. The Bertz CT molecular complexity index is 1700. The van der Waals surface area contributed by atoms with Crippen LogP contribution in [0.4, 0.5) is 11.4 Å². The Balaban J connectivity index is 2.22. The van der Waals surface area contributed by atoms with Crippen molar-refractivity contribution in [3.8, 4) is 33.8 Å². The highest BCUT2D eigenvalue weighted by Gasteiger charge is 2.32. The summed E-state index contributed by atoms with van der Waals surface area (Å²) in [4.78, 5) is 0. The van der Waals surface area contributed by atoms with Crippen LogP contribution in [-0.2, 0) is 0 Å².